The topological polar surface area (TPSA) is 38.4 Å². The van der Waals surface area contributed by atoms with Crippen molar-refractivity contribution in [1.29, 1.82) is 0 Å². The molecule has 0 aliphatic rings. The van der Waals surface area contributed by atoms with Crippen molar-refractivity contribution in [3.8, 4) is 11.1 Å². The Balaban J connectivity index is 1.36. The number of hydrogen-bond donors (Lipinski definition) is 1. The summed E-state index contributed by atoms with van der Waals surface area (Å²) in [7, 11) is 0. The summed E-state index contributed by atoms with van der Waals surface area (Å²) in [5.74, 6) is 0. The fourth-order valence-electron chi connectivity index (χ4n) is 4.90. The van der Waals surface area contributed by atoms with Crippen LogP contribution in [-0.2, 0) is 6.54 Å². The summed E-state index contributed by atoms with van der Waals surface area (Å²) in [4.78, 5) is 5.14. The van der Waals surface area contributed by atoms with E-state index in [9.17, 15) is 0 Å². The molecule has 6 rings (SSSR count). The minimum Gasteiger partial charge on any atom is -0.399 e. The second-order valence-electron chi connectivity index (χ2n) is 9.45. The van der Waals surface area contributed by atoms with Crippen LogP contribution in [0.15, 0.2) is 145 Å². The first kappa shape index (κ1) is 23.4. The van der Waals surface area contributed by atoms with Crippen LogP contribution >= 0.6 is 0 Å². The predicted octanol–water partition coefficient (Wildman–Crippen LogP) is 8.94. The van der Waals surface area contributed by atoms with Crippen molar-refractivity contribution >= 4 is 39.0 Å². The molecule has 0 radical (unpaired) electrons. The second-order valence-corrected chi connectivity index (χ2v) is 9.45. The van der Waals surface area contributed by atoms with Gasteiger partial charge >= 0.3 is 0 Å². The molecule has 0 aliphatic carbocycles. The maximum Gasteiger partial charge on any atom is 0.0657 e. The van der Waals surface area contributed by atoms with Gasteiger partial charge in [0.1, 0.15) is 0 Å². The van der Waals surface area contributed by atoms with Gasteiger partial charge in [-0.2, -0.15) is 0 Å². The van der Waals surface area contributed by atoms with Crippen LogP contribution in [0.3, 0.4) is 0 Å². The van der Waals surface area contributed by atoms with E-state index in [1.807, 2.05) is 12.1 Å². The molecule has 6 aromatic carbocycles. The number of hydrogen-bond acceptors (Lipinski definition) is 2. The number of fused-ring (bicyclic) bond motifs is 2. The zero-order chi connectivity index (χ0) is 25.7. The maximum absolute atomic E-state index is 5.85. The molecule has 0 amide bonds. The number of nitrogens with zero attached hydrogens (tertiary/aromatic N) is 1. The molecular formula is C36H28N2. The van der Waals surface area contributed by atoms with E-state index in [1.54, 1.807) is 0 Å². The lowest BCUT2D eigenvalue weighted by molar-refractivity contribution is 1.07. The molecule has 2 heteroatoms. The van der Waals surface area contributed by atoms with Gasteiger partial charge in [-0.25, -0.2) is 0 Å². The maximum atomic E-state index is 5.85. The Bertz CT molecular complexity index is 1770. The van der Waals surface area contributed by atoms with Crippen molar-refractivity contribution in [3.63, 3.8) is 0 Å². The highest BCUT2D eigenvalue weighted by molar-refractivity contribution is 6.18. The van der Waals surface area contributed by atoms with Gasteiger partial charge in [0.05, 0.1) is 12.3 Å². The SMILES string of the molecule is Nc1ccc(-c2ccc(CN=C(/C=C/c3cccc4ccccc34)c3cccc4ccccc34)cc2)cc1. The summed E-state index contributed by atoms with van der Waals surface area (Å²) >= 11 is 0. The zero-order valence-electron chi connectivity index (χ0n) is 21.1. The van der Waals surface area contributed by atoms with Gasteiger partial charge in [-0.05, 0) is 62.0 Å². The van der Waals surface area contributed by atoms with Crippen molar-refractivity contribution in [3.05, 3.63) is 156 Å². The van der Waals surface area contributed by atoms with E-state index in [4.69, 9.17) is 10.7 Å². The first-order valence-electron chi connectivity index (χ1n) is 12.9. The molecule has 182 valence electrons. The monoisotopic (exact) mass is 488 g/mol. The molecule has 0 saturated carbocycles. The van der Waals surface area contributed by atoms with Crippen molar-refractivity contribution < 1.29 is 0 Å². The predicted molar refractivity (Wildman–Crippen MR) is 163 cm³/mol. The third-order valence-corrected chi connectivity index (χ3v) is 6.94. The van der Waals surface area contributed by atoms with E-state index < -0.39 is 0 Å². The second kappa shape index (κ2) is 10.6. The lowest BCUT2D eigenvalue weighted by Gasteiger charge is -2.09. The van der Waals surface area contributed by atoms with Crippen molar-refractivity contribution in [2.45, 2.75) is 6.54 Å². The molecule has 0 aliphatic heterocycles. The molecular weight excluding hydrogens is 460 g/mol. The van der Waals surface area contributed by atoms with Crippen LogP contribution in [0.1, 0.15) is 16.7 Å². The molecule has 2 N–H and O–H groups in total. The van der Waals surface area contributed by atoms with Gasteiger partial charge in [0, 0.05) is 11.3 Å². The lowest BCUT2D eigenvalue weighted by atomic mass is 9.99. The molecule has 0 spiro atoms. The van der Waals surface area contributed by atoms with Crippen LogP contribution in [0.2, 0.25) is 0 Å². The Morgan fingerprint density at radius 1 is 0.579 bits per heavy atom. The Hall–Kier alpha value is -4.95. The Morgan fingerprint density at radius 2 is 1.16 bits per heavy atom. The lowest BCUT2D eigenvalue weighted by Crippen LogP contribution is -2.00. The summed E-state index contributed by atoms with van der Waals surface area (Å²) in [6.07, 6.45) is 4.35. The molecule has 0 bridgehead atoms. The number of nitrogens with two attached hydrogens (primary N) is 1. The average Bonchev–Trinajstić information content (AvgIpc) is 2.98. The number of rotatable bonds is 6. The standard InChI is InChI=1S/C36H28N2/c37-32-22-19-28(20-23-32)27-17-15-26(16-18-27)25-38-36(35-14-6-11-30-8-2-4-13-34(30)35)24-21-31-10-5-9-29-7-1-3-12-33(29)31/h1-24H,25,37H2/b24-21+,38-36?. The van der Waals surface area contributed by atoms with Crippen molar-refractivity contribution in [2.24, 2.45) is 4.99 Å². The number of anilines is 1. The summed E-state index contributed by atoms with van der Waals surface area (Å²) in [6.45, 7) is 0.598. The third-order valence-electron chi connectivity index (χ3n) is 6.94. The number of allylic oxidation sites excluding steroid dienone is 1. The molecule has 0 unspecified atom stereocenters. The van der Waals surface area contributed by atoms with E-state index in [0.717, 1.165) is 22.5 Å². The Morgan fingerprint density at radius 3 is 1.89 bits per heavy atom. The van der Waals surface area contributed by atoms with Gasteiger partial charge in [-0.3, -0.25) is 4.99 Å². The fraction of sp³-hybridized carbons (Fsp3) is 0.0278. The number of aliphatic imine (C=N–C) groups is 1. The first-order chi connectivity index (χ1) is 18.7. The first-order valence-corrected chi connectivity index (χ1v) is 12.9. The summed E-state index contributed by atoms with van der Waals surface area (Å²) in [5, 5.41) is 4.89. The Kier molecular flexibility index (Phi) is 6.53. The summed E-state index contributed by atoms with van der Waals surface area (Å²) in [5.41, 5.74) is 13.4. The molecule has 2 nitrogen and oxygen atoms in total. The molecule has 0 saturated heterocycles. The van der Waals surface area contributed by atoms with E-state index >= 15 is 0 Å². The third kappa shape index (κ3) is 4.98. The fourth-order valence-corrected chi connectivity index (χ4v) is 4.90. The molecule has 0 fully saturated rings. The van der Waals surface area contributed by atoms with Crippen LogP contribution < -0.4 is 5.73 Å². The van der Waals surface area contributed by atoms with Crippen molar-refractivity contribution in [2.75, 3.05) is 5.73 Å². The van der Waals surface area contributed by atoms with Gasteiger partial charge < -0.3 is 5.73 Å². The van der Waals surface area contributed by atoms with E-state index in [-0.39, 0.29) is 0 Å². The van der Waals surface area contributed by atoms with Gasteiger partial charge in [0.15, 0.2) is 0 Å². The van der Waals surface area contributed by atoms with Gasteiger partial charge in [0.25, 0.3) is 0 Å². The van der Waals surface area contributed by atoms with Crippen LogP contribution in [0.5, 0.6) is 0 Å². The van der Waals surface area contributed by atoms with Gasteiger partial charge in [-0.15, -0.1) is 0 Å². The largest absolute Gasteiger partial charge is 0.399 e. The van der Waals surface area contributed by atoms with E-state index in [2.05, 4.69) is 133 Å². The number of benzene rings is 6. The van der Waals surface area contributed by atoms with Crippen LogP contribution in [0.25, 0.3) is 38.7 Å². The van der Waals surface area contributed by atoms with E-state index in [1.165, 1.54) is 38.2 Å². The highest BCUT2D eigenvalue weighted by Crippen LogP contribution is 2.24. The van der Waals surface area contributed by atoms with E-state index in [0.29, 0.717) is 6.54 Å². The number of nitrogen functional groups attached to an aromatic ring is 1. The highest BCUT2D eigenvalue weighted by Gasteiger charge is 2.07. The smallest absolute Gasteiger partial charge is 0.0657 e. The quantitative estimate of drug-likeness (QED) is 0.184. The highest BCUT2D eigenvalue weighted by atomic mass is 14.7. The van der Waals surface area contributed by atoms with Gasteiger partial charge in [-0.1, -0.05) is 127 Å². The molecule has 0 atom stereocenters. The minimum atomic E-state index is 0.598. The molecule has 0 heterocycles. The minimum absolute atomic E-state index is 0.598. The summed E-state index contributed by atoms with van der Waals surface area (Å²) < 4.78 is 0. The zero-order valence-corrected chi connectivity index (χ0v) is 21.1. The van der Waals surface area contributed by atoms with Crippen LogP contribution in [0.4, 0.5) is 5.69 Å². The van der Waals surface area contributed by atoms with Crippen LogP contribution in [0, 0.1) is 0 Å². The molecule has 0 aromatic heterocycles. The normalized spacial score (nSPS) is 11.9. The molecule has 6 aromatic rings. The molecule has 38 heavy (non-hydrogen) atoms. The summed E-state index contributed by atoms with van der Waals surface area (Å²) in [6, 6.07) is 46.5. The van der Waals surface area contributed by atoms with Crippen molar-refractivity contribution in [1.82, 2.24) is 0 Å². The Labute approximate surface area is 223 Å². The average molecular weight is 489 g/mol. The van der Waals surface area contributed by atoms with Crippen LogP contribution in [-0.4, -0.2) is 5.71 Å². The van der Waals surface area contributed by atoms with Gasteiger partial charge in [0.2, 0.25) is 0 Å².